The van der Waals surface area contributed by atoms with E-state index in [1.165, 1.54) is 6.21 Å². The van der Waals surface area contributed by atoms with Crippen molar-refractivity contribution in [3.8, 4) is 5.75 Å². The third kappa shape index (κ3) is 8.19. The first-order valence-electron chi connectivity index (χ1n) is 12.8. The number of hydrogen-bond acceptors (Lipinski definition) is 6. The summed E-state index contributed by atoms with van der Waals surface area (Å²) in [5.41, 5.74) is 5.83. The molecule has 3 amide bonds. The van der Waals surface area contributed by atoms with E-state index in [9.17, 15) is 14.4 Å². The maximum Gasteiger partial charge on any atom is 0.271 e. The Bertz CT molecular complexity index is 1290. The van der Waals surface area contributed by atoms with Crippen LogP contribution in [0.1, 0.15) is 46.3 Å². The molecule has 202 valence electrons. The number of rotatable bonds is 11. The molecule has 0 spiro atoms. The van der Waals surface area contributed by atoms with Gasteiger partial charge in [-0.3, -0.25) is 14.4 Å². The lowest BCUT2D eigenvalue weighted by Gasteiger charge is -2.24. The maximum atomic E-state index is 12.6. The second-order valence-corrected chi connectivity index (χ2v) is 10.6. The Morgan fingerprint density at radius 2 is 1.77 bits per heavy atom. The fraction of sp³-hybridized carbons (Fsp3) is 0.267. The van der Waals surface area contributed by atoms with Gasteiger partial charge in [0.15, 0.2) is 6.61 Å². The Morgan fingerprint density at radius 3 is 2.46 bits per heavy atom. The van der Waals surface area contributed by atoms with Crippen molar-refractivity contribution >= 4 is 35.7 Å². The number of carbonyl (C=O) groups is 3. The molecule has 39 heavy (non-hydrogen) atoms. The minimum Gasteiger partial charge on any atom is -0.484 e. The minimum absolute atomic E-state index is 0.0458. The first-order valence-corrected chi connectivity index (χ1v) is 13.8. The number of carbonyl (C=O) groups excluding carboxylic acids is 3. The lowest BCUT2D eigenvalue weighted by molar-refractivity contribution is -0.128. The number of thioether (sulfide) groups is 1. The molecule has 0 bridgehead atoms. The molecule has 0 aromatic heterocycles. The van der Waals surface area contributed by atoms with Crippen molar-refractivity contribution in [2.24, 2.45) is 11.0 Å². The summed E-state index contributed by atoms with van der Waals surface area (Å²) in [5.74, 6) is 1.00. The van der Waals surface area contributed by atoms with Gasteiger partial charge in [0.1, 0.15) is 11.1 Å². The molecule has 1 aliphatic rings. The molecule has 3 aromatic rings. The second kappa shape index (κ2) is 13.6. The normalized spacial score (nSPS) is 15.1. The van der Waals surface area contributed by atoms with E-state index in [1.807, 2.05) is 61.2 Å². The lowest BCUT2D eigenvalue weighted by atomic mass is 10.1. The molecule has 0 aliphatic carbocycles. The van der Waals surface area contributed by atoms with Gasteiger partial charge in [-0.1, -0.05) is 56.3 Å². The van der Waals surface area contributed by atoms with E-state index in [2.05, 4.69) is 15.8 Å². The van der Waals surface area contributed by atoms with E-state index >= 15 is 0 Å². The van der Waals surface area contributed by atoms with Gasteiger partial charge in [0.25, 0.3) is 11.8 Å². The molecule has 1 saturated heterocycles. The molecule has 1 atom stereocenters. The van der Waals surface area contributed by atoms with Crippen molar-refractivity contribution in [3.05, 3.63) is 101 Å². The van der Waals surface area contributed by atoms with Gasteiger partial charge in [0.05, 0.1) is 12.0 Å². The zero-order valence-electron chi connectivity index (χ0n) is 22.0. The van der Waals surface area contributed by atoms with Crippen LogP contribution in [-0.2, 0) is 16.1 Å². The molecule has 9 heteroatoms. The number of nitrogens with one attached hydrogen (secondary N) is 2. The van der Waals surface area contributed by atoms with Gasteiger partial charge in [-0.15, -0.1) is 11.8 Å². The maximum absolute atomic E-state index is 12.6. The summed E-state index contributed by atoms with van der Waals surface area (Å²) in [4.78, 5) is 38.7. The van der Waals surface area contributed by atoms with Crippen molar-refractivity contribution in [3.63, 3.8) is 0 Å². The van der Waals surface area contributed by atoms with Crippen molar-refractivity contribution in [1.82, 2.24) is 15.6 Å². The first-order chi connectivity index (χ1) is 18.9. The summed E-state index contributed by atoms with van der Waals surface area (Å²) in [7, 11) is 0. The fourth-order valence-electron chi connectivity index (χ4n) is 3.88. The zero-order chi connectivity index (χ0) is 27.6. The van der Waals surface area contributed by atoms with Gasteiger partial charge in [0, 0.05) is 18.7 Å². The summed E-state index contributed by atoms with van der Waals surface area (Å²) in [5, 5.41) is 6.76. The number of hydrogen-bond donors (Lipinski definition) is 2. The average Bonchev–Trinajstić information content (AvgIpc) is 3.31. The van der Waals surface area contributed by atoms with E-state index < -0.39 is 0 Å². The monoisotopic (exact) mass is 544 g/mol. The summed E-state index contributed by atoms with van der Waals surface area (Å²) < 4.78 is 5.49. The van der Waals surface area contributed by atoms with Crippen molar-refractivity contribution in [2.75, 3.05) is 18.9 Å². The van der Waals surface area contributed by atoms with Crippen LogP contribution in [0.3, 0.4) is 0 Å². The van der Waals surface area contributed by atoms with Gasteiger partial charge >= 0.3 is 0 Å². The number of hydrazone groups is 1. The van der Waals surface area contributed by atoms with Crippen LogP contribution in [0.5, 0.6) is 5.75 Å². The summed E-state index contributed by atoms with van der Waals surface area (Å²) in [6, 6.07) is 24.2. The average molecular weight is 545 g/mol. The highest BCUT2D eigenvalue weighted by Crippen LogP contribution is 2.39. The summed E-state index contributed by atoms with van der Waals surface area (Å²) >= 11 is 1.59. The van der Waals surface area contributed by atoms with E-state index in [0.717, 1.165) is 16.7 Å². The molecule has 0 radical (unpaired) electrons. The molecule has 3 aromatic carbocycles. The molecule has 0 unspecified atom stereocenters. The van der Waals surface area contributed by atoms with Gasteiger partial charge in [-0.2, -0.15) is 5.10 Å². The van der Waals surface area contributed by atoms with Crippen LogP contribution in [-0.4, -0.2) is 47.7 Å². The Kier molecular flexibility index (Phi) is 9.74. The SMILES string of the molecule is CC(C)CNC(=O)COc1ccc(/C=N\NC(=O)c2ccc([C@H]3SCC(=O)N3Cc3ccccc3)cc2)cc1. The van der Waals surface area contributed by atoms with Crippen LogP contribution in [0, 0.1) is 5.92 Å². The van der Waals surface area contributed by atoms with Crippen molar-refractivity contribution in [1.29, 1.82) is 0 Å². The second-order valence-electron chi connectivity index (χ2n) is 9.55. The largest absolute Gasteiger partial charge is 0.484 e. The molecule has 1 heterocycles. The van der Waals surface area contributed by atoms with Gasteiger partial charge < -0.3 is 15.0 Å². The quantitative estimate of drug-likeness (QED) is 0.276. The lowest BCUT2D eigenvalue weighted by Crippen LogP contribution is -2.31. The standard InChI is InChI=1S/C30H32N4O4S/c1-21(2)16-31-27(35)19-38-26-14-8-22(9-15-26)17-32-33-29(37)24-10-12-25(13-11-24)30-34(28(36)20-39-30)18-23-6-4-3-5-7-23/h3-15,17,21,30H,16,18-20H2,1-2H3,(H,31,35)(H,33,37)/b32-17-/t30-/m1/s1. The number of nitrogens with zero attached hydrogens (tertiary/aromatic N) is 2. The molecule has 1 aliphatic heterocycles. The van der Waals surface area contributed by atoms with E-state index in [-0.39, 0.29) is 29.7 Å². The molecule has 4 rings (SSSR count). The fourth-order valence-corrected chi connectivity index (χ4v) is 5.07. The molecule has 1 fully saturated rings. The van der Waals surface area contributed by atoms with Gasteiger partial charge in [-0.25, -0.2) is 5.43 Å². The predicted octanol–water partition coefficient (Wildman–Crippen LogP) is 4.38. The topological polar surface area (TPSA) is 100 Å². The molecular formula is C30H32N4O4S. The highest BCUT2D eigenvalue weighted by molar-refractivity contribution is 8.00. The first kappa shape index (κ1) is 27.9. The highest BCUT2D eigenvalue weighted by atomic mass is 32.2. The van der Waals surface area contributed by atoms with Crippen LogP contribution in [0.2, 0.25) is 0 Å². The summed E-state index contributed by atoms with van der Waals surface area (Å²) in [6.45, 7) is 5.17. The van der Waals surface area contributed by atoms with Crippen LogP contribution in [0.15, 0.2) is 84.0 Å². The summed E-state index contributed by atoms with van der Waals surface area (Å²) in [6.07, 6.45) is 1.54. The predicted molar refractivity (Wildman–Crippen MR) is 153 cm³/mol. The van der Waals surface area contributed by atoms with Crippen LogP contribution >= 0.6 is 11.8 Å². The number of benzene rings is 3. The van der Waals surface area contributed by atoms with Crippen LogP contribution in [0.4, 0.5) is 0 Å². The molecule has 0 saturated carbocycles. The van der Waals surface area contributed by atoms with Crippen molar-refractivity contribution in [2.45, 2.75) is 25.8 Å². The van der Waals surface area contributed by atoms with E-state index in [0.29, 0.717) is 36.1 Å². The number of amides is 3. The Hall–Kier alpha value is -4.11. The molecule has 8 nitrogen and oxygen atoms in total. The zero-order valence-corrected chi connectivity index (χ0v) is 22.8. The Morgan fingerprint density at radius 1 is 1.05 bits per heavy atom. The molecular weight excluding hydrogens is 512 g/mol. The minimum atomic E-state index is -0.332. The molecule has 2 N–H and O–H groups in total. The van der Waals surface area contributed by atoms with Crippen LogP contribution < -0.4 is 15.5 Å². The third-order valence-electron chi connectivity index (χ3n) is 5.96. The van der Waals surface area contributed by atoms with Gasteiger partial charge in [-0.05, 0) is 59.0 Å². The van der Waals surface area contributed by atoms with E-state index in [1.54, 1.807) is 48.2 Å². The van der Waals surface area contributed by atoms with Crippen molar-refractivity contribution < 1.29 is 19.1 Å². The van der Waals surface area contributed by atoms with Crippen LogP contribution in [0.25, 0.3) is 0 Å². The Balaban J connectivity index is 1.27. The Labute approximate surface area is 232 Å². The number of ether oxygens (including phenoxy) is 1. The smallest absolute Gasteiger partial charge is 0.271 e. The van der Waals surface area contributed by atoms with Gasteiger partial charge in [0.2, 0.25) is 5.91 Å². The highest BCUT2D eigenvalue weighted by Gasteiger charge is 2.32. The third-order valence-corrected chi connectivity index (χ3v) is 7.22. The van der Waals surface area contributed by atoms with E-state index in [4.69, 9.17) is 4.74 Å².